The van der Waals surface area contributed by atoms with Gasteiger partial charge in [-0.15, -0.1) is 0 Å². The highest BCUT2D eigenvalue weighted by Crippen LogP contribution is 2.22. The van der Waals surface area contributed by atoms with Crippen molar-refractivity contribution in [3.8, 4) is 5.75 Å². The van der Waals surface area contributed by atoms with E-state index in [0.29, 0.717) is 17.4 Å². The number of benzene rings is 1. The van der Waals surface area contributed by atoms with Gasteiger partial charge in [-0.3, -0.25) is 9.59 Å². The van der Waals surface area contributed by atoms with Gasteiger partial charge >= 0.3 is 5.97 Å². The summed E-state index contributed by atoms with van der Waals surface area (Å²) < 4.78 is 4.96. The summed E-state index contributed by atoms with van der Waals surface area (Å²) in [5.41, 5.74) is 0.854. The zero-order valence-electron chi connectivity index (χ0n) is 10.7. The Morgan fingerprint density at radius 2 is 2.05 bits per heavy atom. The molecule has 1 heterocycles. The summed E-state index contributed by atoms with van der Waals surface area (Å²) in [6.07, 6.45) is 0. The molecule has 0 radical (unpaired) electrons. The summed E-state index contributed by atoms with van der Waals surface area (Å²) in [6.45, 7) is 3.74. The van der Waals surface area contributed by atoms with E-state index in [1.54, 1.807) is 24.3 Å². The minimum Gasteiger partial charge on any atom is -0.427 e. The van der Waals surface area contributed by atoms with E-state index in [1.165, 1.54) is 6.92 Å². The predicted octanol–water partition coefficient (Wildman–Crippen LogP) is 1.47. The molecule has 1 unspecified atom stereocenters. The normalized spacial score (nSPS) is 19.1. The first-order chi connectivity index (χ1) is 8.97. The molecule has 1 N–H and O–H groups in total. The molecular weight excluding hydrogens is 264 g/mol. The van der Waals surface area contributed by atoms with Crippen molar-refractivity contribution in [2.24, 2.45) is 5.92 Å². The number of carbonyl (C=O) groups excluding carboxylic acids is 2. The van der Waals surface area contributed by atoms with E-state index in [1.807, 2.05) is 11.8 Å². The van der Waals surface area contributed by atoms with Crippen LogP contribution in [0, 0.1) is 5.92 Å². The van der Waals surface area contributed by atoms with Crippen LogP contribution in [-0.4, -0.2) is 23.5 Å². The van der Waals surface area contributed by atoms with Crippen LogP contribution in [0.4, 0.5) is 5.69 Å². The van der Waals surface area contributed by atoms with Gasteiger partial charge in [0.2, 0.25) is 5.91 Å². The Morgan fingerprint density at radius 3 is 2.63 bits per heavy atom. The second kappa shape index (κ2) is 5.36. The van der Waals surface area contributed by atoms with Gasteiger partial charge in [0.25, 0.3) is 0 Å². The highest BCUT2D eigenvalue weighted by atomic mass is 32.1. The van der Waals surface area contributed by atoms with Crippen molar-refractivity contribution in [3.05, 3.63) is 24.3 Å². The largest absolute Gasteiger partial charge is 0.427 e. The lowest BCUT2D eigenvalue weighted by atomic mass is 10.1. The minimum absolute atomic E-state index is 0.0576. The van der Waals surface area contributed by atoms with Crippen molar-refractivity contribution >= 4 is 34.9 Å². The molecule has 1 amide bonds. The number of rotatable bonds is 2. The van der Waals surface area contributed by atoms with Crippen LogP contribution in [0.2, 0.25) is 0 Å². The Kier molecular flexibility index (Phi) is 3.80. The monoisotopic (exact) mass is 278 g/mol. The standard InChI is InChI=1S/C13H14N2O3S/c1-8-7-15(13(19)14-12(8)17)10-3-5-11(6-4-10)18-9(2)16/h3-6,8H,7H2,1-2H3,(H,14,17,19). The highest BCUT2D eigenvalue weighted by molar-refractivity contribution is 7.80. The molecule has 0 spiro atoms. The molecular formula is C13H14N2O3S. The number of hydrogen-bond acceptors (Lipinski definition) is 4. The van der Waals surface area contributed by atoms with Gasteiger partial charge in [-0.05, 0) is 36.5 Å². The average Bonchev–Trinajstić information content (AvgIpc) is 2.34. The Bertz CT molecular complexity index is 527. The van der Waals surface area contributed by atoms with Gasteiger partial charge in [-0.1, -0.05) is 6.92 Å². The van der Waals surface area contributed by atoms with Crippen LogP contribution < -0.4 is 15.0 Å². The van der Waals surface area contributed by atoms with Crippen molar-refractivity contribution in [3.63, 3.8) is 0 Å². The fourth-order valence-electron chi connectivity index (χ4n) is 1.82. The van der Waals surface area contributed by atoms with Crippen molar-refractivity contribution in [1.82, 2.24) is 5.32 Å². The van der Waals surface area contributed by atoms with Crippen molar-refractivity contribution in [2.75, 3.05) is 11.4 Å². The fourth-order valence-corrected chi connectivity index (χ4v) is 2.10. The third-order valence-electron chi connectivity index (χ3n) is 2.79. The van der Waals surface area contributed by atoms with E-state index in [9.17, 15) is 9.59 Å². The van der Waals surface area contributed by atoms with Crippen molar-refractivity contribution in [2.45, 2.75) is 13.8 Å². The molecule has 100 valence electrons. The maximum Gasteiger partial charge on any atom is 0.308 e. The summed E-state index contributed by atoms with van der Waals surface area (Å²) >= 11 is 5.15. The summed E-state index contributed by atoms with van der Waals surface area (Å²) in [6, 6.07) is 6.99. The minimum atomic E-state index is -0.359. The van der Waals surface area contributed by atoms with Gasteiger partial charge in [-0.25, -0.2) is 0 Å². The third kappa shape index (κ3) is 3.08. The van der Waals surface area contributed by atoms with E-state index in [2.05, 4.69) is 5.32 Å². The molecule has 0 saturated carbocycles. The van der Waals surface area contributed by atoms with Crippen LogP contribution in [-0.2, 0) is 9.59 Å². The van der Waals surface area contributed by atoms with Crippen LogP contribution in [0.15, 0.2) is 24.3 Å². The molecule has 0 aromatic heterocycles. The van der Waals surface area contributed by atoms with Gasteiger partial charge in [0.05, 0.1) is 5.92 Å². The maximum atomic E-state index is 11.5. The molecule has 6 heteroatoms. The smallest absolute Gasteiger partial charge is 0.308 e. The SMILES string of the molecule is CC(=O)Oc1ccc(N2CC(C)C(=O)NC2=S)cc1. The summed E-state index contributed by atoms with van der Waals surface area (Å²) in [5.74, 6) is -0.0592. The van der Waals surface area contributed by atoms with Crippen LogP contribution in [0.3, 0.4) is 0 Å². The first-order valence-corrected chi connectivity index (χ1v) is 6.29. The molecule has 1 aromatic rings. The molecule has 1 saturated heterocycles. The lowest BCUT2D eigenvalue weighted by Crippen LogP contribution is -2.53. The molecule has 19 heavy (non-hydrogen) atoms. The quantitative estimate of drug-likeness (QED) is 0.504. The molecule has 1 aromatic carbocycles. The maximum absolute atomic E-state index is 11.5. The first-order valence-electron chi connectivity index (χ1n) is 5.88. The van der Waals surface area contributed by atoms with E-state index in [-0.39, 0.29) is 17.8 Å². The van der Waals surface area contributed by atoms with E-state index in [0.717, 1.165) is 5.69 Å². The van der Waals surface area contributed by atoms with Crippen LogP contribution in [0.5, 0.6) is 5.75 Å². The lowest BCUT2D eigenvalue weighted by Gasteiger charge is -2.32. The van der Waals surface area contributed by atoms with Gasteiger partial charge in [0, 0.05) is 19.2 Å². The Hall–Kier alpha value is -1.95. The van der Waals surface area contributed by atoms with Gasteiger partial charge < -0.3 is 15.0 Å². The predicted molar refractivity (Wildman–Crippen MR) is 75.0 cm³/mol. The molecule has 1 aliphatic heterocycles. The number of ether oxygens (including phenoxy) is 1. The lowest BCUT2D eigenvalue weighted by molar-refractivity contribution is -0.131. The van der Waals surface area contributed by atoms with E-state index >= 15 is 0 Å². The number of nitrogens with one attached hydrogen (secondary N) is 1. The zero-order chi connectivity index (χ0) is 14.0. The summed E-state index contributed by atoms with van der Waals surface area (Å²) in [4.78, 5) is 24.2. The molecule has 1 atom stereocenters. The van der Waals surface area contributed by atoms with E-state index < -0.39 is 0 Å². The molecule has 2 rings (SSSR count). The molecule has 0 bridgehead atoms. The van der Waals surface area contributed by atoms with Gasteiger partial charge in [0.1, 0.15) is 5.75 Å². The molecule has 1 fully saturated rings. The summed E-state index contributed by atoms with van der Waals surface area (Å²) in [5, 5.41) is 3.05. The number of hydrogen-bond donors (Lipinski definition) is 1. The topological polar surface area (TPSA) is 58.6 Å². The number of carbonyl (C=O) groups is 2. The van der Waals surface area contributed by atoms with Crippen molar-refractivity contribution < 1.29 is 14.3 Å². The second-order valence-electron chi connectivity index (χ2n) is 4.39. The number of esters is 1. The fraction of sp³-hybridized carbons (Fsp3) is 0.308. The first kappa shape index (κ1) is 13.5. The average molecular weight is 278 g/mol. The van der Waals surface area contributed by atoms with Crippen LogP contribution in [0.1, 0.15) is 13.8 Å². The summed E-state index contributed by atoms with van der Waals surface area (Å²) in [7, 11) is 0. The Balaban J connectivity index is 2.15. The number of amides is 1. The third-order valence-corrected chi connectivity index (χ3v) is 3.11. The number of anilines is 1. The molecule has 0 aliphatic carbocycles. The highest BCUT2D eigenvalue weighted by Gasteiger charge is 2.27. The van der Waals surface area contributed by atoms with E-state index in [4.69, 9.17) is 17.0 Å². The van der Waals surface area contributed by atoms with Gasteiger partial charge in [0.15, 0.2) is 5.11 Å². The zero-order valence-corrected chi connectivity index (χ0v) is 11.5. The van der Waals surface area contributed by atoms with Crippen LogP contribution in [0.25, 0.3) is 0 Å². The second-order valence-corrected chi connectivity index (χ2v) is 4.78. The number of nitrogens with zero attached hydrogens (tertiary/aromatic N) is 1. The Labute approximate surface area is 116 Å². The molecule has 1 aliphatic rings. The molecule has 5 nitrogen and oxygen atoms in total. The van der Waals surface area contributed by atoms with Crippen molar-refractivity contribution in [1.29, 1.82) is 0 Å². The van der Waals surface area contributed by atoms with Gasteiger partial charge in [-0.2, -0.15) is 0 Å². The number of thiocarbonyl (C=S) groups is 1. The van der Waals surface area contributed by atoms with Crippen LogP contribution >= 0.6 is 12.2 Å². The Morgan fingerprint density at radius 1 is 1.42 bits per heavy atom.